The molecule has 1 unspecified atom stereocenters. The molecule has 14 nitrogen and oxygen atoms in total. The van der Waals surface area contributed by atoms with Crippen LogP contribution in [0.25, 0.3) is 10.9 Å². The molecule has 4 aliphatic heterocycles. The number of likely N-dealkylation sites (N-methyl/N-ethyl adjacent to an activating group) is 1. The molecule has 6 rings (SSSR count). The number of ketones is 1. The molecule has 0 aliphatic carbocycles. The SMILES string of the molecule is CC[C@H]1OC(=O)[C@H](C)[C@H]2OCC(NC(=O)c3cnc4ccccc4c3)CO[C@](C)(C[C@@H](C)C(=O)[C@H](C)[C@@H]3CC(=O)O[C@]13C)[C@H](O[C@@H]1O[C@H](C)C[C@H](N(C)C)[C@H]1O)[C@H]2C. The van der Waals surface area contributed by atoms with Gasteiger partial charge in [0.25, 0.3) is 5.91 Å². The third-order valence-electron chi connectivity index (χ3n) is 13.3. The van der Waals surface area contributed by atoms with Crippen LogP contribution >= 0.6 is 0 Å². The summed E-state index contributed by atoms with van der Waals surface area (Å²) in [5, 5.41) is 15.6. The minimum absolute atomic E-state index is 0.0121. The van der Waals surface area contributed by atoms with Gasteiger partial charge in [0.1, 0.15) is 23.6 Å². The number of carbonyl (C=O) groups excluding carboxylic acids is 4. The second-order valence-corrected chi connectivity index (χ2v) is 17.9. The molecule has 2 aromatic rings. The van der Waals surface area contributed by atoms with Gasteiger partial charge in [-0.1, -0.05) is 45.9 Å². The molecular formula is C44H63N3O11. The highest BCUT2D eigenvalue weighted by atomic mass is 16.7. The quantitative estimate of drug-likeness (QED) is 0.392. The first kappa shape index (κ1) is 44.0. The lowest BCUT2D eigenvalue weighted by molar-refractivity contribution is -0.302. The van der Waals surface area contributed by atoms with Gasteiger partial charge >= 0.3 is 11.9 Å². The average Bonchev–Trinajstić information content (AvgIpc) is 3.52. The van der Waals surface area contributed by atoms with Crippen molar-refractivity contribution in [1.29, 1.82) is 0 Å². The molecule has 0 saturated carbocycles. The van der Waals surface area contributed by atoms with Crippen molar-refractivity contribution >= 4 is 34.5 Å². The fraction of sp³-hybridized carbons (Fsp3) is 0.705. The summed E-state index contributed by atoms with van der Waals surface area (Å²) in [5.41, 5.74) is -1.39. The van der Waals surface area contributed by atoms with Crippen LogP contribution in [-0.2, 0) is 42.8 Å². The van der Waals surface area contributed by atoms with Gasteiger partial charge in [-0.25, -0.2) is 0 Å². The zero-order valence-corrected chi connectivity index (χ0v) is 35.6. The maximum atomic E-state index is 14.6. The third-order valence-corrected chi connectivity index (χ3v) is 13.3. The summed E-state index contributed by atoms with van der Waals surface area (Å²) in [6, 6.07) is 8.33. The highest BCUT2D eigenvalue weighted by Gasteiger charge is 2.57. The van der Waals surface area contributed by atoms with Crippen molar-refractivity contribution in [3.05, 3.63) is 42.1 Å². The molecule has 15 atom stereocenters. The number of para-hydroxylation sites is 1. The number of aliphatic hydroxyl groups is 1. The fourth-order valence-corrected chi connectivity index (χ4v) is 9.98. The van der Waals surface area contributed by atoms with Gasteiger partial charge in [0, 0.05) is 41.3 Å². The van der Waals surface area contributed by atoms with E-state index in [0.29, 0.717) is 18.4 Å². The minimum Gasteiger partial charge on any atom is -0.458 e. The molecule has 14 heteroatoms. The molecule has 320 valence electrons. The lowest BCUT2D eigenvalue weighted by Gasteiger charge is -2.48. The zero-order chi connectivity index (χ0) is 42.3. The first-order valence-corrected chi connectivity index (χ1v) is 20.9. The van der Waals surface area contributed by atoms with Gasteiger partial charge in [0.05, 0.1) is 66.6 Å². The monoisotopic (exact) mass is 809 g/mol. The number of cyclic esters (lactones) is 1. The number of benzene rings is 1. The number of hydrogen-bond donors (Lipinski definition) is 2. The summed E-state index contributed by atoms with van der Waals surface area (Å²) in [5.74, 6) is -4.80. The molecule has 0 radical (unpaired) electrons. The Morgan fingerprint density at radius 2 is 1.78 bits per heavy atom. The first-order chi connectivity index (χ1) is 27.4. The predicted octanol–water partition coefficient (Wildman–Crippen LogP) is 4.48. The van der Waals surface area contributed by atoms with Crippen molar-refractivity contribution < 1.29 is 52.7 Å². The molecular weight excluding hydrogens is 746 g/mol. The van der Waals surface area contributed by atoms with Gasteiger partial charge in [-0.3, -0.25) is 24.2 Å². The Bertz CT molecular complexity index is 1830. The van der Waals surface area contributed by atoms with Crippen molar-refractivity contribution in [2.45, 2.75) is 141 Å². The van der Waals surface area contributed by atoms with Crippen LogP contribution in [0, 0.1) is 29.6 Å². The Hall–Kier alpha value is -3.53. The second kappa shape index (κ2) is 17.6. The van der Waals surface area contributed by atoms with Crippen molar-refractivity contribution in [3.63, 3.8) is 0 Å². The van der Waals surface area contributed by atoms with E-state index in [0.717, 1.165) is 10.9 Å². The van der Waals surface area contributed by atoms with Crippen molar-refractivity contribution in [2.75, 3.05) is 27.3 Å². The topological polar surface area (TPSA) is 172 Å². The van der Waals surface area contributed by atoms with E-state index in [1.807, 2.05) is 84.8 Å². The van der Waals surface area contributed by atoms with E-state index < -0.39 is 89.5 Å². The number of rotatable bonds is 6. The van der Waals surface area contributed by atoms with E-state index >= 15 is 0 Å². The normalized spacial score (nSPS) is 40.5. The summed E-state index contributed by atoms with van der Waals surface area (Å²) in [6.45, 7) is 14.6. The third kappa shape index (κ3) is 8.83. The van der Waals surface area contributed by atoms with Crippen LogP contribution in [0.5, 0.6) is 0 Å². The molecule has 1 aromatic carbocycles. The smallest absolute Gasteiger partial charge is 0.311 e. The van der Waals surface area contributed by atoms with Gasteiger partial charge in [0.15, 0.2) is 6.29 Å². The number of nitrogens with one attached hydrogen (secondary N) is 1. The number of hydrogen-bond acceptors (Lipinski definition) is 13. The predicted molar refractivity (Wildman–Crippen MR) is 213 cm³/mol. The largest absolute Gasteiger partial charge is 0.458 e. The number of aromatic nitrogens is 1. The van der Waals surface area contributed by atoms with Crippen LogP contribution in [0.4, 0.5) is 0 Å². The van der Waals surface area contributed by atoms with Crippen LogP contribution in [0.3, 0.4) is 0 Å². The Labute approximate surface area is 342 Å². The number of ether oxygens (including phenoxy) is 6. The molecule has 4 fully saturated rings. The van der Waals surface area contributed by atoms with E-state index in [4.69, 9.17) is 28.4 Å². The number of pyridine rings is 1. The minimum atomic E-state index is -1.27. The van der Waals surface area contributed by atoms with Crippen molar-refractivity contribution in [3.8, 4) is 0 Å². The fourth-order valence-electron chi connectivity index (χ4n) is 9.98. The molecule has 4 aliphatic rings. The van der Waals surface area contributed by atoms with E-state index in [2.05, 4.69) is 10.3 Å². The van der Waals surface area contributed by atoms with Gasteiger partial charge in [0.2, 0.25) is 0 Å². The number of carbonyl (C=O) groups is 4. The van der Waals surface area contributed by atoms with Crippen molar-refractivity contribution in [1.82, 2.24) is 15.2 Å². The summed E-state index contributed by atoms with van der Waals surface area (Å²) in [7, 11) is 3.79. The highest BCUT2D eigenvalue weighted by molar-refractivity contribution is 5.97. The molecule has 58 heavy (non-hydrogen) atoms. The number of esters is 2. The Morgan fingerprint density at radius 1 is 1.05 bits per heavy atom. The zero-order valence-electron chi connectivity index (χ0n) is 35.6. The maximum Gasteiger partial charge on any atom is 0.311 e. The number of fused-ring (bicyclic) bond motifs is 5. The number of aliphatic hydroxyl groups excluding tert-OH is 1. The number of amides is 1. The molecule has 5 heterocycles. The van der Waals surface area contributed by atoms with Crippen LogP contribution in [0.2, 0.25) is 0 Å². The van der Waals surface area contributed by atoms with E-state index in [1.54, 1.807) is 19.9 Å². The Balaban J connectivity index is 1.42. The van der Waals surface area contributed by atoms with Gasteiger partial charge in [-0.05, 0) is 73.2 Å². The summed E-state index contributed by atoms with van der Waals surface area (Å²) < 4.78 is 39.1. The van der Waals surface area contributed by atoms with Gasteiger partial charge in [-0.2, -0.15) is 0 Å². The molecule has 0 spiro atoms. The number of nitrogens with zero attached hydrogens (tertiary/aromatic N) is 2. The molecule has 1 amide bonds. The molecule has 4 saturated heterocycles. The summed E-state index contributed by atoms with van der Waals surface area (Å²) >= 11 is 0. The highest BCUT2D eigenvalue weighted by Crippen LogP contribution is 2.46. The average molecular weight is 810 g/mol. The number of Topliss-reactive ketones (excluding diaryl/α,β-unsaturated/α-hetero) is 1. The van der Waals surface area contributed by atoms with Crippen molar-refractivity contribution in [2.24, 2.45) is 29.6 Å². The Morgan fingerprint density at radius 3 is 2.48 bits per heavy atom. The molecule has 1 aromatic heterocycles. The Kier molecular flexibility index (Phi) is 13.4. The van der Waals surface area contributed by atoms with Gasteiger partial charge in [-0.15, -0.1) is 0 Å². The first-order valence-electron chi connectivity index (χ1n) is 20.9. The van der Waals surface area contributed by atoms with Gasteiger partial charge < -0.3 is 43.7 Å². The summed E-state index contributed by atoms with van der Waals surface area (Å²) in [4.78, 5) is 62.2. The maximum absolute atomic E-state index is 14.6. The van der Waals surface area contributed by atoms with E-state index in [-0.39, 0.29) is 49.9 Å². The van der Waals surface area contributed by atoms with E-state index in [9.17, 15) is 24.3 Å². The standard InChI is InChI=1S/C44H63N3O11/c1-11-34-44(8)31(18-35(48)58-44)25(4)36(49)23(2)19-43(7)39(57-42-37(50)33(47(9)10)16-24(3)55-42)26(5)38(27(6)41(52)56-34)53-21-30(22-54-43)46-40(51)29-17-28-14-12-13-15-32(28)45-20-29/h12-15,17,20,23-27,30-31,33-34,37-39,42,50H,11,16,18-19,21-22H2,1-10H3,(H,46,51)/t23-,24-,25-,26+,27-,30?,31+,33+,34-,37-,38+,39-,42+,43-,44+/m1/s1. The lowest BCUT2D eigenvalue weighted by atomic mass is 9.70. The lowest BCUT2D eigenvalue weighted by Crippen LogP contribution is -2.60. The van der Waals surface area contributed by atoms with Crippen LogP contribution < -0.4 is 5.32 Å². The summed E-state index contributed by atoms with van der Waals surface area (Å²) in [6.07, 6.45) is -2.36. The molecule has 2 N–H and O–H groups in total. The molecule has 2 bridgehead atoms. The van der Waals surface area contributed by atoms with E-state index in [1.165, 1.54) is 6.20 Å². The van der Waals surface area contributed by atoms with Crippen LogP contribution in [0.1, 0.15) is 91.4 Å². The second-order valence-electron chi connectivity index (χ2n) is 17.9. The van der Waals surface area contributed by atoms with Crippen LogP contribution in [-0.4, -0.2) is 126 Å². The van der Waals surface area contributed by atoms with Crippen LogP contribution in [0.15, 0.2) is 36.5 Å².